The lowest BCUT2D eigenvalue weighted by atomic mass is 10.0. The molecule has 3 N–H and O–H groups in total. The molecule has 2 atom stereocenters. The van der Waals surface area contributed by atoms with Gasteiger partial charge in [-0.1, -0.05) is 76.9 Å². The van der Waals surface area contributed by atoms with Crippen LogP contribution in [0.4, 0.5) is 0 Å². The fourth-order valence-corrected chi connectivity index (χ4v) is 2.57. The second-order valence-corrected chi connectivity index (χ2v) is 6.42. The Morgan fingerprint density at radius 1 is 0.783 bits per heavy atom. The second kappa shape index (κ2) is 16.0. The van der Waals surface area contributed by atoms with Gasteiger partial charge in [-0.3, -0.25) is 4.79 Å². The van der Waals surface area contributed by atoms with Gasteiger partial charge < -0.3 is 15.3 Å². The van der Waals surface area contributed by atoms with E-state index in [4.69, 9.17) is 5.11 Å². The van der Waals surface area contributed by atoms with Gasteiger partial charge in [0.2, 0.25) is 0 Å². The molecule has 0 aromatic heterocycles. The molecule has 0 spiro atoms. The minimum atomic E-state index is -0.727. The molecule has 0 radical (unpaired) electrons. The zero-order chi connectivity index (χ0) is 17.3. The lowest BCUT2D eigenvalue weighted by molar-refractivity contribution is -0.137. The standard InChI is InChI=1S/C19H36O4/c1-2-3-4-6-9-12-17(20)15-16-18(21)13-10-7-5-8-11-14-19(22)23/h15-18,20-21H,2-14H2,1H3,(H,22,23)/b16-15+/t17-,18+/m1/s1. The van der Waals surface area contributed by atoms with Gasteiger partial charge in [0, 0.05) is 6.42 Å². The van der Waals surface area contributed by atoms with Crippen molar-refractivity contribution in [2.75, 3.05) is 0 Å². The first-order chi connectivity index (χ1) is 11.1. The molecule has 0 aliphatic heterocycles. The summed E-state index contributed by atoms with van der Waals surface area (Å²) < 4.78 is 0. The van der Waals surface area contributed by atoms with Crippen molar-refractivity contribution in [3.05, 3.63) is 12.2 Å². The Morgan fingerprint density at radius 2 is 1.22 bits per heavy atom. The summed E-state index contributed by atoms with van der Waals surface area (Å²) in [7, 11) is 0. The average molecular weight is 328 g/mol. The van der Waals surface area contributed by atoms with Gasteiger partial charge in [-0.15, -0.1) is 0 Å². The highest BCUT2D eigenvalue weighted by Crippen LogP contribution is 2.11. The normalized spacial score (nSPS) is 14.2. The van der Waals surface area contributed by atoms with E-state index in [1.165, 1.54) is 25.7 Å². The molecule has 0 saturated carbocycles. The Bertz CT molecular complexity index is 302. The summed E-state index contributed by atoms with van der Waals surface area (Å²) in [5.41, 5.74) is 0. The maximum atomic E-state index is 10.4. The van der Waals surface area contributed by atoms with Crippen LogP contribution in [0.2, 0.25) is 0 Å². The van der Waals surface area contributed by atoms with Gasteiger partial charge in [-0.05, 0) is 19.3 Å². The van der Waals surface area contributed by atoms with E-state index in [9.17, 15) is 15.0 Å². The van der Waals surface area contributed by atoms with Crippen molar-refractivity contribution >= 4 is 5.97 Å². The molecule has 0 heterocycles. The number of carboxylic acid groups (broad SMARTS) is 1. The number of unbranched alkanes of at least 4 members (excludes halogenated alkanes) is 8. The zero-order valence-electron chi connectivity index (χ0n) is 14.8. The SMILES string of the molecule is CCCCCCC[C@@H](O)/C=C/[C@@H](O)CCCCCCCC(=O)O. The third-order valence-corrected chi connectivity index (χ3v) is 4.05. The van der Waals surface area contributed by atoms with E-state index in [1.807, 2.05) is 0 Å². The minimum Gasteiger partial charge on any atom is -0.481 e. The fourth-order valence-electron chi connectivity index (χ4n) is 2.57. The van der Waals surface area contributed by atoms with E-state index >= 15 is 0 Å². The molecule has 4 heteroatoms. The topological polar surface area (TPSA) is 77.8 Å². The third kappa shape index (κ3) is 17.3. The monoisotopic (exact) mass is 328 g/mol. The molecule has 0 aliphatic rings. The van der Waals surface area contributed by atoms with Gasteiger partial charge >= 0.3 is 5.97 Å². The molecular formula is C19H36O4. The van der Waals surface area contributed by atoms with Crippen molar-refractivity contribution in [1.82, 2.24) is 0 Å². The van der Waals surface area contributed by atoms with Crippen molar-refractivity contribution in [1.29, 1.82) is 0 Å². The zero-order valence-corrected chi connectivity index (χ0v) is 14.8. The quantitative estimate of drug-likeness (QED) is 0.289. The third-order valence-electron chi connectivity index (χ3n) is 4.05. The number of hydrogen-bond donors (Lipinski definition) is 3. The summed E-state index contributed by atoms with van der Waals surface area (Å²) in [6.45, 7) is 2.19. The molecule has 0 aliphatic carbocycles. The first kappa shape index (κ1) is 22.1. The van der Waals surface area contributed by atoms with E-state index in [-0.39, 0.29) is 6.42 Å². The van der Waals surface area contributed by atoms with Crippen molar-refractivity contribution in [2.45, 2.75) is 103 Å². The van der Waals surface area contributed by atoms with Gasteiger partial charge in [0.15, 0.2) is 0 Å². The largest absolute Gasteiger partial charge is 0.481 e. The van der Waals surface area contributed by atoms with Gasteiger partial charge in [0.25, 0.3) is 0 Å². The van der Waals surface area contributed by atoms with Crippen LogP contribution < -0.4 is 0 Å². The number of aliphatic hydroxyl groups excluding tert-OH is 2. The average Bonchev–Trinajstić information content (AvgIpc) is 2.51. The van der Waals surface area contributed by atoms with Crippen molar-refractivity contribution < 1.29 is 20.1 Å². The van der Waals surface area contributed by atoms with Gasteiger partial charge in [0.1, 0.15) is 0 Å². The molecule has 23 heavy (non-hydrogen) atoms. The lowest BCUT2D eigenvalue weighted by Crippen LogP contribution is -2.06. The van der Waals surface area contributed by atoms with Gasteiger partial charge in [0.05, 0.1) is 12.2 Å². The molecular weight excluding hydrogens is 292 g/mol. The molecule has 0 fully saturated rings. The van der Waals surface area contributed by atoms with Crippen LogP contribution in [0.15, 0.2) is 12.2 Å². The lowest BCUT2D eigenvalue weighted by Gasteiger charge is -2.08. The Balaban J connectivity index is 3.49. The highest BCUT2D eigenvalue weighted by molar-refractivity contribution is 5.66. The molecule has 0 aromatic carbocycles. The van der Waals surface area contributed by atoms with Crippen molar-refractivity contribution in [3.63, 3.8) is 0 Å². The van der Waals surface area contributed by atoms with E-state index < -0.39 is 18.2 Å². The molecule has 0 rings (SSSR count). The highest BCUT2D eigenvalue weighted by atomic mass is 16.4. The first-order valence-corrected chi connectivity index (χ1v) is 9.32. The van der Waals surface area contributed by atoms with Crippen LogP contribution in [-0.2, 0) is 4.79 Å². The number of aliphatic carboxylic acids is 1. The van der Waals surface area contributed by atoms with Crippen molar-refractivity contribution in [3.8, 4) is 0 Å². The van der Waals surface area contributed by atoms with Crippen LogP contribution >= 0.6 is 0 Å². The summed E-state index contributed by atoms with van der Waals surface area (Å²) in [5.74, 6) is -0.727. The fraction of sp³-hybridized carbons (Fsp3) is 0.842. The summed E-state index contributed by atoms with van der Waals surface area (Å²) in [6, 6.07) is 0. The van der Waals surface area contributed by atoms with E-state index in [0.717, 1.165) is 44.9 Å². The van der Waals surface area contributed by atoms with Crippen LogP contribution in [0, 0.1) is 0 Å². The predicted molar refractivity (Wildman–Crippen MR) is 94.5 cm³/mol. The molecule has 0 amide bonds. The maximum Gasteiger partial charge on any atom is 0.303 e. The smallest absolute Gasteiger partial charge is 0.303 e. The molecule has 0 saturated heterocycles. The number of carboxylic acids is 1. The minimum absolute atomic E-state index is 0.252. The van der Waals surface area contributed by atoms with Crippen LogP contribution in [0.1, 0.15) is 90.4 Å². The maximum absolute atomic E-state index is 10.4. The number of rotatable bonds is 16. The number of hydrogen-bond acceptors (Lipinski definition) is 3. The summed E-state index contributed by atoms with van der Waals surface area (Å²) in [6.07, 6.45) is 14.8. The number of aliphatic hydroxyl groups is 2. The van der Waals surface area contributed by atoms with Crippen LogP contribution in [0.25, 0.3) is 0 Å². The Hall–Kier alpha value is -0.870. The Labute approximate surface area is 141 Å². The number of carbonyl (C=O) groups is 1. The van der Waals surface area contributed by atoms with Gasteiger partial charge in [-0.2, -0.15) is 0 Å². The Kier molecular flexibility index (Phi) is 15.4. The van der Waals surface area contributed by atoms with Crippen molar-refractivity contribution in [2.24, 2.45) is 0 Å². The summed E-state index contributed by atoms with van der Waals surface area (Å²) >= 11 is 0. The summed E-state index contributed by atoms with van der Waals surface area (Å²) in [4.78, 5) is 10.4. The van der Waals surface area contributed by atoms with E-state index in [0.29, 0.717) is 6.42 Å². The molecule has 0 aromatic rings. The second-order valence-electron chi connectivity index (χ2n) is 6.42. The summed E-state index contributed by atoms with van der Waals surface area (Å²) in [5, 5.41) is 28.2. The molecule has 136 valence electrons. The predicted octanol–water partition coefficient (Wildman–Crippen LogP) is 4.44. The van der Waals surface area contributed by atoms with Crippen LogP contribution in [-0.4, -0.2) is 33.5 Å². The first-order valence-electron chi connectivity index (χ1n) is 9.32. The van der Waals surface area contributed by atoms with Crippen LogP contribution in [0.3, 0.4) is 0 Å². The van der Waals surface area contributed by atoms with E-state index in [2.05, 4.69) is 6.92 Å². The van der Waals surface area contributed by atoms with Crippen LogP contribution in [0.5, 0.6) is 0 Å². The highest BCUT2D eigenvalue weighted by Gasteiger charge is 2.03. The molecule has 0 unspecified atom stereocenters. The van der Waals surface area contributed by atoms with E-state index in [1.54, 1.807) is 12.2 Å². The van der Waals surface area contributed by atoms with Gasteiger partial charge in [-0.25, -0.2) is 0 Å². The molecule has 4 nitrogen and oxygen atoms in total. The molecule has 0 bridgehead atoms. The Morgan fingerprint density at radius 3 is 1.70 bits per heavy atom.